The fraction of sp³-hybridized carbons (Fsp3) is 0.962. The van der Waals surface area contributed by atoms with E-state index in [9.17, 15) is 4.79 Å². The normalized spacial score (nSPS) is 29.8. The summed E-state index contributed by atoms with van der Waals surface area (Å²) in [6.45, 7) is 21.5. The summed E-state index contributed by atoms with van der Waals surface area (Å²) >= 11 is 0. The Balaban J connectivity index is 2.06. The third kappa shape index (κ3) is 5.19. The molecule has 2 fully saturated rings. The molecule has 0 radical (unpaired) electrons. The second-order valence-electron chi connectivity index (χ2n) is 11.9. The van der Waals surface area contributed by atoms with Gasteiger partial charge in [0.1, 0.15) is 5.78 Å². The summed E-state index contributed by atoms with van der Waals surface area (Å²) < 4.78 is 6.89. The second-order valence-corrected chi connectivity index (χ2v) is 16.6. The molecule has 0 spiro atoms. The fourth-order valence-electron chi connectivity index (χ4n) is 6.79. The molecular formula is C26H50O2Si. The van der Waals surface area contributed by atoms with Gasteiger partial charge >= 0.3 is 0 Å². The average Bonchev–Trinajstić information content (AvgIpc) is 3.02. The van der Waals surface area contributed by atoms with Crippen LogP contribution in [-0.4, -0.2) is 19.7 Å². The van der Waals surface area contributed by atoms with Crippen molar-refractivity contribution in [1.82, 2.24) is 0 Å². The van der Waals surface area contributed by atoms with Gasteiger partial charge in [-0.25, -0.2) is 0 Å². The van der Waals surface area contributed by atoms with E-state index >= 15 is 0 Å². The molecule has 0 aliphatic heterocycles. The number of rotatable bonds is 10. The monoisotopic (exact) mass is 422 g/mol. The van der Waals surface area contributed by atoms with Crippen LogP contribution in [0.25, 0.3) is 0 Å². The van der Waals surface area contributed by atoms with E-state index < -0.39 is 8.32 Å². The Hall–Kier alpha value is -0.153. The van der Waals surface area contributed by atoms with E-state index in [0.29, 0.717) is 23.5 Å². The highest BCUT2D eigenvalue weighted by atomic mass is 28.4. The summed E-state index contributed by atoms with van der Waals surface area (Å²) in [6.07, 6.45) is 7.89. The zero-order valence-electron chi connectivity index (χ0n) is 21.1. The van der Waals surface area contributed by atoms with Crippen LogP contribution in [0, 0.1) is 28.6 Å². The highest BCUT2D eigenvalue weighted by Crippen LogP contribution is 2.59. The quantitative estimate of drug-likeness (QED) is 0.333. The Bertz CT molecular complexity index is 555. The number of hydrogen-bond donors (Lipinski definition) is 0. The lowest BCUT2D eigenvalue weighted by atomic mass is 9.57. The van der Waals surface area contributed by atoms with Crippen LogP contribution in [0.3, 0.4) is 0 Å². The van der Waals surface area contributed by atoms with Crippen molar-refractivity contribution >= 4 is 14.1 Å². The fourth-order valence-corrected chi connectivity index (χ4v) is 10.00. The van der Waals surface area contributed by atoms with Gasteiger partial charge in [-0.2, -0.15) is 0 Å². The van der Waals surface area contributed by atoms with E-state index in [1.165, 1.54) is 37.4 Å². The van der Waals surface area contributed by atoms with Crippen molar-refractivity contribution in [3.05, 3.63) is 0 Å². The van der Waals surface area contributed by atoms with Gasteiger partial charge in [0.25, 0.3) is 0 Å². The van der Waals surface area contributed by atoms with E-state index in [1.54, 1.807) is 0 Å². The smallest absolute Gasteiger partial charge is 0.192 e. The summed E-state index contributed by atoms with van der Waals surface area (Å²) in [4.78, 5) is 12.6. The number of hydrogen-bond acceptors (Lipinski definition) is 2. The average molecular weight is 423 g/mol. The molecule has 0 aromatic heterocycles. The molecule has 0 saturated heterocycles. The van der Waals surface area contributed by atoms with Crippen molar-refractivity contribution in [2.24, 2.45) is 28.6 Å². The van der Waals surface area contributed by atoms with Crippen LogP contribution in [0.15, 0.2) is 0 Å². The third-order valence-electron chi connectivity index (χ3n) is 9.57. The zero-order valence-corrected chi connectivity index (χ0v) is 22.1. The first-order valence-corrected chi connectivity index (χ1v) is 15.1. The van der Waals surface area contributed by atoms with Crippen molar-refractivity contribution < 1.29 is 9.22 Å². The summed E-state index contributed by atoms with van der Waals surface area (Å²) in [5.74, 6) is 2.22. The molecule has 170 valence electrons. The van der Waals surface area contributed by atoms with Gasteiger partial charge < -0.3 is 4.43 Å². The predicted molar refractivity (Wildman–Crippen MR) is 128 cm³/mol. The molecule has 0 amide bonds. The van der Waals surface area contributed by atoms with Crippen molar-refractivity contribution in [2.75, 3.05) is 0 Å². The van der Waals surface area contributed by atoms with E-state index in [0.717, 1.165) is 25.7 Å². The molecule has 0 heterocycles. The minimum atomic E-state index is -1.58. The lowest BCUT2D eigenvalue weighted by Crippen LogP contribution is -2.45. The van der Waals surface area contributed by atoms with Crippen LogP contribution in [-0.2, 0) is 9.22 Å². The molecule has 0 bridgehead atoms. The van der Waals surface area contributed by atoms with Crippen molar-refractivity contribution in [3.8, 4) is 0 Å². The maximum Gasteiger partial charge on any atom is 0.192 e. The van der Waals surface area contributed by atoms with Crippen molar-refractivity contribution in [1.29, 1.82) is 0 Å². The topological polar surface area (TPSA) is 26.3 Å². The molecule has 2 rings (SSSR count). The lowest BCUT2D eigenvalue weighted by molar-refractivity contribution is -0.130. The maximum atomic E-state index is 12.6. The number of carbonyl (C=O) groups is 1. The largest absolute Gasteiger partial charge is 0.412 e. The first-order chi connectivity index (χ1) is 13.4. The van der Waals surface area contributed by atoms with Crippen molar-refractivity contribution in [2.45, 2.75) is 131 Å². The summed E-state index contributed by atoms with van der Waals surface area (Å²) in [5.41, 5.74) is 0.486. The van der Waals surface area contributed by atoms with Crippen LogP contribution in [0.2, 0.25) is 18.1 Å². The van der Waals surface area contributed by atoms with Crippen LogP contribution >= 0.6 is 0 Å². The summed E-state index contributed by atoms with van der Waals surface area (Å²) in [6, 6.07) is 3.66. The van der Waals surface area contributed by atoms with E-state index in [1.807, 2.05) is 0 Å². The van der Waals surface area contributed by atoms with Gasteiger partial charge in [0.15, 0.2) is 8.32 Å². The van der Waals surface area contributed by atoms with Gasteiger partial charge in [0.05, 0.1) is 5.60 Å². The Labute approximate surface area is 183 Å². The molecule has 0 unspecified atom stereocenters. The molecule has 2 saturated carbocycles. The zero-order chi connectivity index (χ0) is 22.1. The summed E-state index contributed by atoms with van der Waals surface area (Å²) in [5, 5.41) is 0. The predicted octanol–water partition coefficient (Wildman–Crippen LogP) is 8.01. The van der Waals surface area contributed by atoms with Gasteiger partial charge in [-0.1, -0.05) is 48.5 Å². The minimum Gasteiger partial charge on any atom is -0.412 e. The molecule has 2 aliphatic carbocycles. The molecule has 2 aliphatic rings. The van der Waals surface area contributed by atoms with Gasteiger partial charge in [-0.05, 0) is 93.2 Å². The first kappa shape index (κ1) is 25.1. The van der Waals surface area contributed by atoms with Gasteiger partial charge in [-0.15, -0.1) is 0 Å². The second kappa shape index (κ2) is 9.15. The van der Waals surface area contributed by atoms with Gasteiger partial charge in [0, 0.05) is 12.3 Å². The Morgan fingerprint density at radius 3 is 2.21 bits per heavy atom. The number of Topliss-reactive ketones (excluding diaryl/α,β-unsaturated/α-hetero) is 1. The number of fused-ring (bicyclic) bond motifs is 1. The molecule has 0 aromatic carbocycles. The van der Waals surface area contributed by atoms with Crippen molar-refractivity contribution in [3.63, 3.8) is 0 Å². The van der Waals surface area contributed by atoms with Gasteiger partial charge in [-0.3, -0.25) is 4.79 Å². The Morgan fingerprint density at radius 2 is 1.66 bits per heavy atom. The van der Waals surface area contributed by atoms with Crippen LogP contribution in [0.5, 0.6) is 0 Å². The molecule has 0 N–H and O–H groups in total. The highest BCUT2D eigenvalue weighted by molar-refractivity contribution is 6.73. The van der Waals surface area contributed by atoms with E-state index in [4.69, 9.17) is 4.43 Å². The van der Waals surface area contributed by atoms with Gasteiger partial charge in [0.2, 0.25) is 0 Å². The molecule has 0 aromatic rings. The molecule has 2 nitrogen and oxygen atoms in total. The van der Waals surface area contributed by atoms with Crippen LogP contribution in [0.4, 0.5) is 0 Å². The Kier molecular flexibility index (Phi) is 7.92. The summed E-state index contributed by atoms with van der Waals surface area (Å²) in [7, 11) is -1.58. The molecule has 29 heavy (non-hydrogen) atoms. The van der Waals surface area contributed by atoms with E-state index in [-0.39, 0.29) is 16.4 Å². The third-order valence-corrected chi connectivity index (χ3v) is 14.4. The standard InChI is InChI=1S/C26H50O2Si/c1-10-29(11-2,12-3)28-25(7,8)19-18-24(5,6)20(4)21-15-16-22-23(27)14-13-17-26(21,22)9/h20-22H,10-19H2,1-9H3/t20-,21-,22+,26-/m1/s1. The van der Waals surface area contributed by atoms with E-state index in [2.05, 4.69) is 62.3 Å². The first-order valence-electron chi connectivity index (χ1n) is 12.6. The molecular weight excluding hydrogens is 372 g/mol. The Morgan fingerprint density at radius 1 is 1.07 bits per heavy atom. The SMILES string of the molecule is CC[Si](CC)(CC)OC(C)(C)CCC(C)(C)[C@H](C)[C@H]1CC[C@H]2C(=O)CCC[C@]12C. The highest BCUT2D eigenvalue weighted by Gasteiger charge is 2.54. The maximum absolute atomic E-state index is 12.6. The van der Waals surface area contributed by atoms with Crippen LogP contribution < -0.4 is 0 Å². The number of carbonyl (C=O) groups excluding carboxylic acids is 1. The minimum absolute atomic E-state index is 0.0336. The lowest BCUT2D eigenvalue weighted by Gasteiger charge is -2.47. The molecule has 3 heteroatoms. The molecule has 4 atom stereocenters. The van der Waals surface area contributed by atoms with Crippen LogP contribution in [0.1, 0.15) is 107 Å². The number of ketones is 1.